The van der Waals surface area contributed by atoms with Gasteiger partial charge in [-0.05, 0) is 121 Å². The summed E-state index contributed by atoms with van der Waals surface area (Å²) in [5, 5.41) is 10.3. The second-order valence-electron chi connectivity index (χ2n) is 14.9. The molecule has 8 atom stereocenters. The lowest BCUT2D eigenvalue weighted by Crippen LogP contribution is -2.50. The molecule has 1 N–H and O–H groups in total. The van der Waals surface area contributed by atoms with Crippen molar-refractivity contribution in [2.24, 2.45) is 40.4 Å². The molecule has 1 aromatic carbocycles. The monoisotopic (exact) mass is 534 g/mol. The van der Waals surface area contributed by atoms with Gasteiger partial charge >= 0.3 is 5.97 Å². The highest BCUT2D eigenvalue weighted by molar-refractivity contribution is 5.73. The maximum Gasteiger partial charge on any atom is 0.311 e. The van der Waals surface area contributed by atoms with E-state index >= 15 is 0 Å². The third kappa shape index (κ3) is 5.15. The van der Waals surface area contributed by atoms with E-state index in [-0.39, 0.29) is 12.1 Å². The Morgan fingerprint density at radius 2 is 1.67 bits per heavy atom. The van der Waals surface area contributed by atoms with Gasteiger partial charge in [0.2, 0.25) is 0 Å². The van der Waals surface area contributed by atoms with E-state index in [1.807, 2.05) is 0 Å². The largest absolute Gasteiger partial charge is 0.426 e. The van der Waals surface area contributed by atoms with Crippen LogP contribution in [-0.4, -0.2) is 17.2 Å². The predicted molar refractivity (Wildman–Crippen MR) is 160 cm³/mol. The highest BCUT2D eigenvalue weighted by Gasteiger charge is 2.59. The first kappa shape index (κ1) is 28.9. The summed E-state index contributed by atoms with van der Waals surface area (Å²) >= 11 is 0. The zero-order chi connectivity index (χ0) is 28.1. The lowest BCUT2D eigenvalue weighted by molar-refractivity contribution is -0.135. The van der Waals surface area contributed by atoms with Gasteiger partial charge in [-0.1, -0.05) is 78.3 Å². The molecule has 39 heavy (non-hydrogen) atoms. The Kier molecular flexibility index (Phi) is 8.15. The maximum absolute atomic E-state index is 13.2. The number of carbonyl (C=O) groups is 1. The molecular formula is C36H54O3. The fourth-order valence-corrected chi connectivity index (χ4v) is 9.93. The minimum atomic E-state index is -0.131. The van der Waals surface area contributed by atoms with Crippen molar-refractivity contribution < 1.29 is 14.6 Å². The van der Waals surface area contributed by atoms with Gasteiger partial charge in [0.1, 0.15) is 5.75 Å². The second-order valence-corrected chi connectivity index (χ2v) is 14.9. The Hall–Kier alpha value is -1.61. The molecule has 0 aromatic heterocycles. The smallest absolute Gasteiger partial charge is 0.311 e. The minimum Gasteiger partial charge on any atom is -0.426 e. The molecule has 0 heterocycles. The van der Waals surface area contributed by atoms with Crippen LogP contribution in [0.25, 0.3) is 0 Å². The zero-order valence-electron chi connectivity index (χ0n) is 25.8. The second kappa shape index (κ2) is 11.0. The SMILES string of the molecule is CC(C)c1cccc(C(C)C)c1OC(=O)CC[C@@H](C)[C@H]1CC[C@H]2[C@@H]3CC=C4C[C@@H](O)CC[C@]4(C)[C@H]3CC[C@]12C. The summed E-state index contributed by atoms with van der Waals surface area (Å²) in [6, 6.07) is 6.31. The number of aliphatic hydroxyl groups is 1. The molecule has 0 bridgehead atoms. The molecule has 5 rings (SSSR count). The summed E-state index contributed by atoms with van der Waals surface area (Å²) in [7, 11) is 0. The maximum atomic E-state index is 13.2. The van der Waals surface area contributed by atoms with E-state index in [9.17, 15) is 9.90 Å². The first-order valence-corrected chi connectivity index (χ1v) is 16.2. The molecule has 4 aliphatic carbocycles. The first-order valence-electron chi connectivity index (χ1n) is 16.2. The van der Waals surface area contributed by atoms with Gasteiger partial charge in [0, 0.05) is 6.42 Å². The highest BCUT2D eigenvalue weighted by Crippen LogP contribution is 2.67. The molecule has 0 amide bonds. The molecule has 1 aromatic rings. The number of hydrogen-bond donors (Lipinski definition) is 1. The topological polar surface area (TPSA) is 46.5 Å². The molecular weight excluding hydrogens is 480 g/mol. The molecule has 3 nitrogen and oxygen atoms in total. The van der Waals surface area contributed by atoms with Gasteiger partial charge in [-0.3, -0.25) is 4.79 Å². The number of allylic oxidation sites excluding steroid dienone is 1. The van der Waals surface area contributed by atoms with Gasteiger partial charge in [-0.15, -0.1) is 0 Å². The number of benzene rings is 1. The average molecular weight is 535 g/mol. The average Bonchev–Trinajstić information content (AvgIpc) is 3.25. The number of para-hydroxylation sites is 1. The summed E-state index contributed by atoms with van der Waals surface area (Å²) in [6.45, 7) is 16.2. The Bertz CT molecular complexity index is 1060. The summed E-state index contributed by atoms with van der Waals surface area (Å²) < 4.78 is 6.12. The van der Waals surface area contributed by atoms with Gasteiger partial charge in [0.25, 0.3) is 0 Å². The number of aliphatic hydroxyl groups excluding tert-OH is 1. The summed E-state index contributed by atoms with van der Waals surface area (Å²) in [5.41, 5.74) is 4.52. The molecule has 3 saturated carbocycles. The van der Waals surface area contributed by atoms with Crippen molar-refractivity contribution in [1.82, 2.24) is 0 Å². The van der Waals surface area contributed by atoms with Crippen molar-refractivity contribution in [3.63, 3.8) is 0 Å². The molecule has 0 saturated heterocycles. The van der Waals surface area contributed by atoms with E-state index in [1.165, 1.54) is 32.1 Å². The molecule has 0 radical (unpaired) electrons. The van der Waals surface area contributed by atoms with E-state index in [1.54, 1.807) is 5.57 Å². The number of rotatable bonds is 7. The van der Waals surface area contributed by atoms with Crippen molar-refractivity contribution in [2.75, 3.05) is 0 Å². The van der Waals surface area contributed by atoms with E-state index in [0.717, 1.165) is 60.3 Å². The lowest BCUT2D eigenvalue weighted by atomic mass is 9.47. The number of ether oxygens (including phenoxy) is 1. The fourth-order valence-electron chi connectivity index (χ4n) is 9.93. The van der Waals surface area contributed by atoms with Crippen LogP contribution in [0.3, 0.4) is 0 Å². The van der Waals surface area contributed by atoms with Crippen molar-refractivity contribution in [3.8, 4) is 5.75 Å². The van der Waals surface area contributed by atoms with Crippen LogP contribution in [0.5, 0.6) is 5.75 Å². The van der Waals surface area contributed by atoms with Crippen molar-refractivity contribution in [2.45, 2.75) is 131 Å². The standard InChI is InChI=1S/C36H54O3/c1-22(2)27-9-8-10-28(23(3)4)34(27)39-33(38)16-11-24(5)30-14-15-31-29-13-12-25-21-26(37)17-19-35(25,6)32(29)18-20-36(30,31)7/h8-10,12,22-24,26,29-32,37H,11,13-21H2,1-7H3/t24-,26+,29+,30-,31+,32+,35+,36-/m1/s1. The Balaban J connectivity index is 1.24. The third-order valence-electron chi connectivity index (χ3n) is 12.2. The summed E-state index contributed by atoms with van der Waals surface area (Å²) in [5.74, 6) is 4.97. The number of esters is 1. The van der Waals surface area contributed by atoms with Crippen LogP contribution in [0.1, 0.15) is 136 Å². The summed E-state index contributed by atoms with van der Waals surface area (Å²) in [6.07, 6.45) is 13.4. The van der Waals surface area contributed by atoms with Crippen LogP contribution >= 0.6 is 0 Å². The van der Waals surface area contributed by atoms with Crippen molar-refractivity contribution in [3.05, 3.63) is 41.0 Å². The normalized spacial score (nSPS) is 36.7. The van der Waals surface area contributed by atoms with E-state index in [4.69, 9.17) is 4.74 Å². The molecule has 4 aliphatic rings. The van der Waals surface area contributed by atoms with Crippen LogP contribution in [0.15, 0.2) is 29.8 Å². The van der Waals surface area contributed by atoms with Crippen molar-refractivity contribution in [1.29, 1.82) is 0 Å². The van der Waals surface area contributed by atoms with Crippen LogP contribution in [0, 0.1) is 40.4 Å². The Morgan fingerprint density at radius 1 is 0.974 bits per heavy atom. The van der Waals surface area contributed by atoms with Gasteiger partial charge in [-0.2, -0.15) is 0 Å². The molecule has 216 valence electrons. The molecule has 0 spiro atoms. The van der Waals surface area contributed by atoms with Crippen LogP contribution in [-0.2, 0) is 4.79 Å². The minimum absolute atomic E-state index is 0.0717. The predicted octanol–water partition coefficient (Wildman–Crippen LogP) is 9.20. The van der Waals surface area contributed by atoms with Gasteiger partial charge in [0.15, 0.2) is 0 Å². The van der Waals surface area contributed by atoms with Gasteiger partial charge in [0.05, 0.1) is 6.10 Å². The molecule has 0 aliphatic heterocycles. The third-order valence-corrected chi connectivity index (χ3v) is 12.2. The van der Waals surface area contributed by atoms with Crippen molar-refractivity contribution >= 4 is 5.97 Å². The quantitative estimate of drug-likeness (QED) is 0.215. The lowest BCUT2D eigenvalue weighted by Gasteiger charge is -2.58. The Labute approximate surface area is 238 Å². The van der Waals surface area contributed by atoms with Crippen LogP contribution in [0.4, 0.5) is 0 Å². The number of fused-ring (bicyclic) bond motifs is 5. The number of carbonyl (C=O) groups excluding carboxylic acids is 1. The molecule has 0 unspecified atom stereocenters. The van der Waals surface area contributed by atoms with E-state index < -0.39 is 0 Å². The molecule has 3 fully saturated rings. The Morgan fingerprint density at radius 3 is 2.33 bits per heavy atom. The van der Waals surface area contributed by atoms with Gasteiger partial charge < -0.3 is 9.84 Å². The number of hydrogen-bond acceptors (Lipinski definition) is 3. The van der Waals surface area contributed by atoms with E-state index in [2.05, 4.69) is 72.7 Å². The zero-order valence-corrected chi connectivity index (χ0v) is 25.8. The van der Waals surface area contributed by atoms with Crippen LogP contribution < -0.4 is 4.74 Å². The van der Waals surface area contributed by atoms with E-state index in [0.29, 0.717) is 40.9 Å². The van der Waals surface area contributed by atoms with Crippen LogP contribution in [0.2, 0.25) is 0 Å². The van der Waals surface area contributed by atoms with Gasteiger partial charge in [-0.25, -0.2) is 0 Å². The first-order chi connectivity index (χ1) is 18.5. The molecule has 3 heteroatoms. The fraction of sp³-hybridized carbons (Fsp3) is 0.750. The highest BCUT2D eigenvalue weighted by atomic mass is 16.5. The summed E-state index contributed by atoms with van der Waals surface area (Å²) in [4.78, 5) is 13.2.